The van der Waals surface area contributed by atoms with E-state index in [-0.39, 0.29) is 48.1 Å². The van der Waals surface area contributed by atoms with E-state index < -0.39 is 28.1 Å². The first-order valence-corrected chi connectivity index (χ1v) is 17.6. The number of aliphatic hydroxyl groups excluding tert-OH is 1. The van der Waals surface area contributed by atoms with Crippen molar-refractivity contribution in [3.8, 4) is 5.75 Å². The van der Waals surface area contributed by atoms with Gasteiger partial charge in [-0.15, -0.1) is 0 Å². The van der Waals surface area contributed by atoms with Crippen molar-refractivity contribution in [2.24, 2.45) is 5.92 Å². The number of rotatable bonds is 8. The number of likely N-dealkylation sites (N-methyl/N-ethyl adjacent to an activating group) is 1. The molecular weight excluding hydrogens is 642 g/mol. The van der Waals surface area contributed by atoms with Gasteiger partial charge in [-0.1, -0.05) is 36.7 Å². The Morgan fingerprint density at radius 3 is 2.47 bits per heavy atom. The molecular formula is C35H44ClN3O7S. The summed E-state index contributed by atoms with van der Waals surface area (Å²) in [5.74, 6) is -0.668. The maximum absolute atomic E-state index is 14.3. The summed E-state index contributed by atoms with van der Waals surface area (Å²) in [6.45, 7) is 5.89. The average molecular weight is 686 g/mol. The van der Waals surface area contributed by atoms with Crippen LogP contribution in [0.2, 0.25) is 5.02 Å². The first-order valence-electron chi connectivity index (χ1n) is 15.8. The molecule has 2 N–H and O–H groups in total. The van der Waals surface area contributed by atoms with Gasteiger partial charge >= 0.3 is 0 Å². The molecule has 254 valence electrons. The van der Waals surface area contributed by atoms with Gasteiger partial charge in [-0.05, 0) is 87.7 Å². The lowest BCUT2D eigenvalue weighted by Gasteiger charge is -2.35. The molecule has 0 saturated carbocycles. The summed E-state index contributed by atoms with van der Waals surface area (Å²) in [6.07, 6.45) is 1.45. The second-order valence-electron chi connectivity index (χ2n) is 12.1. The quantitative estimate of drug-likeness (QED) is 0.311. The van der Waals surface area contributed by atoms with E-state index in [9.17, 15) is 23.1 Å². The van der Waals surface area contributed by atoms with Crippen molar-refractivity contribution >= 4 is 39.1 Å². The van der Waals surface area contributed by atoms with E-state index in [1.165, 1.54) is 35.6 Å². The summed E-state index contributed by atoms with van der Waals surface area (Å²) < 4.78 is 40.7. The highest BCUT2D eigenvalue weighted by atomic mass is 35.5. The molecule has 0 fully saturated rings. The standard InChI is InChI=1S/C35H44ClN3O7S/c1-24-21-39(25(2)23-40)35(42)31-20-29(37-34(41)27-11-6-5-7-12-27)15-18-32(31)46-26(3)10-8-9-19-45-33(24)22-38(4)47(43,44)30-16-13-28(36)14-17-30/h5-7,11-18,20,24-26,33,40H,8-10,19,21-23H2,1-4H3,(H,37,41)/t24-,25-,26+,33+/m1/s1. The largest absolute Gasteiger partial charge is 0.490 e. The van der Waals surface area contributed by atoms with Crippen molar-refractivity contribution in [2.75, 3.05) is 38.7 Å². The highest BCUT2D eigenvalue weighted by molar-refractivity contribution is 7.89. The number of nitrogens with zero attached hydrogens (tertiary/aromatic N) is 2. The lowest BCUT2D eigenvalue weighted by molar-refractivity contribution is -0.00834. The van der Waals surface area contributed by atoms with Crippen LogP contribution in [0.3, 0.4) is 0 Å². The third kappa shape index (κ3) is 9.55. The van der Waals surface area contributed by atoms with Crippen LogP contribution in [0.15, 0.2) is 77.7 Å². The van der Waals surface area contributed by atoms with Gasteiger partial charge in [0.1, 0.15) is 5.75 Å². The van der Waals surface area contributed by atoms with Crippen LogP contribution in [0.1, 0.15) is 60.7 Å². The summed E-state index contributed by atoms with van der Waals surface area (Å²) in [6, 6.07) is 19.2. The van der Waals surface area contributed by atoms with Crippen molar-refractivity contribution in [3.05, 3.63) is 88.9 Å². The monoisotopic (exact) mass is 685 g/mol. The molecule has 4 atom stereocenters. The molecule has 0 aromatic heterocycles. The van der Waals surface area contributed by atoms with E-state index in [4.69, 9.17) is 21.1 Å². The second-order valence-corrected chi connectivity index (χ2v) is 14.6. The van der Waals surface area contributed by atoms with Gasteiger partial charge < -0.3 is 24.8 Å². The molecule has 2 amide bonds. The van der Waals surface area contributed by atoms with E-state index >= 15 is 0 Å². The Balaban J connectivity index is 1.65. The van der Waals surface area contributed by atoms with Crippen LogP contribution in [0.4, 0.5) is 5.69 Å². The number of fused-ring (bicyclic) bond motifs is 1. The zero-order chi connectivity index (χ0) is 34.1. The topological polar surface area (TPSA) is 125 Å². The zero-order valence-corrected chi connectivity index (χ0v) is 28.8. The van der Waals surface area contributed by atoms with Crippen molar-refractivity contribution in [1.29, 1.82) is 0 Å². The number of benzene rings is 3. The number of anilines is 1. The molecule has 4 rings (SSSR count). The summed E-state index contributed by atoms with van der Waals surface area (Å²) in [7, 11) is -2.34. The zero-order valence-electron chi connectivity index (χ0n) is 27.3. The highest BCUT2D eigenvalue weighted by Gasteiger charge is 2.32. The van der Waals surface area contributed by atoms with Gasteiger partial charge in [0.15, 0.2) is 0 Å². The molecule has 1 aliphatic heterocycles. The SMILES string of the molecule is C[C@@H]1CN([C@H](C)CO)C(=O)c2cc(NC(=O)c3ccccc3)ccc2O[C@@H](C)CCCCO[C@H]1CN(C)S(=O)(=O)c1ccc(Cl)cc1. The number of halogens is 1. The number of carbonyl (C=O) groups excluding carboxylic acids is 2. The number of hydrogen-bond acceptors (Lipinski definition) is 7. The molecule has 1 heterocycles. The van der Waals surface area contributed by atoms with Crippen LogP contribution in [0.5, 0.6) is 5.75 Å². The van der Waals surface area contributed by atoms with Crippen LogP contribution < -0.4 is 10.1 Å². The number of ether oxygens (including phenoxy) is 2. The number of amides is 2. The number of hydrogen-bond donors (Lipinski definition) is 2. The van der Waals surface area contributed by atoms with Crippen molar-refractivity contribution < 1.29 is 32.6 Å². The predicted octanol–water partition coefficient (Wildman–Crippen LogP) is 5.71. The van der Waals surface area contributed by atoms with E-state index in [0.717, 1.165) is 12.8 Å². The Hall–Kier alpha value is -3.48. The molecule has 0 saturated heterocycles. The minimum atomic E-state index is -3.84. The Morgan fingerprint density at radius 1 is 1.09 bits per heavy atom. The lowest BCUT2D eigenvalue weighted by Crippen LogP contribution is -2.48. The van der Waals surface area contributed by atoms with Gasteiger partial charge in [0.05, 0.1) is 35.3 Å². The van der Waals surface area contributed by atoms with Gasteiger partial charge in [0.25, 0.3) is 11.8 Å². The number of aliphatic hydroxyl groups is 1. The smallest absolute Gasteiger partial charge is 0.258 e. The van der Waals surface area contributed by atoms with E-state index in [1.807, 2.05) is 19.9 Å². The lowest BCUT2D eigenvalue weighted by atomic mass is 10.0. The Kier molecular flexibility index (Phi) is 12.8. The summed E-state index contributed by atoms with van der Waals surface area (Å²) in [5, 5.41) is 13.5. The first kappa shape index (κ1) is 36.4. The fraction of sp³-hybridized carbons (Fsp3) is 0.429. The van der Waals surface area contributed by atoms with E-state index in [1.54, 1.807) is 54.3 Å². The fourth-order valence-corrected chi connectivity index (χ4v) is 6.70. The molecule has 0 bridgehead atoms. The summed E-state index contributed by atoms with van der Waals surface area (Å²) >= 11 is 5.98. The van der Waals surface area contributed by atoms with Crippen molar-refractivity contribution in [2.45, 2.75) is 63.2 Å². The summed E-state index contributed by atoms with van der Waals surface area (Å²) in [5.41, 5.74) is 1.14. The normalized spacial score (nSPS) is 20.5. The van der Waals surface area contributed by atoms with Gasteiger partial charge in [-0.3, -0.25) is 9.59 Å². The third-order valence-corrected chi connectivity index (χ3v) is 10.4. The van der Waals surface area contributed by atoms with Gasteiger partial charge in [0.2, 0.25) is 10.0 Å². The Labute approximate surface area is 282 Å². The van der Waals surface area contributed by atoms with Gasteiger partial charge in [-0.25, -0.2) is 8.42 Å². The Bertz CT molecular complexity index is 1610. The van der Waals surface area contributed by atoms with Crippen molar-refractivity contribution in [3.63, 3.8) is 0 Å². The molecule has 0 aliphatic carbocycles. The predicted molar refractivity (Wildman–Crippen MR) is 183 cm³/mol. The van der Waals surface area contributed by atoms with Crippen LogP contribution >= 0.6 is 11.6 Å². The minimum Gasteiger partial charge on any atom is -0.490 e. The fourth-order valence-electron chi connectivity index (χ4n) is 5.39. The van der Waals surface area contributed by atoms with Gasteiger partial charge in [-0.2, -0.15) is 4.31 Å². The second kappa shape index (κ2) is 16.6. The molecule has 0 spiro atoms. The van der Waals surface area contributed by atoms with E-state index in [0.29, 0.717) is 35.1 Å². The minimum absolute atomic E-state index is 0.0490. The number of carbonyl (C=O) groups is 2. The van der Waals surface area contributed by atoms with Crippen LogP contribution in [0, 0.1) is 5.92 Å². The molecule has 10 nitrogen and oxygen atoms in total. The van der Waals surface area contributed by atoms with Gasteiger partial charge in [0, 0.05) is 48.9 Å². The maximum atomic E-state index is 14.3. The molecule has 0 unspecified atom stereocenters. The molecule has 0 radical (unpaired) electrons. The molecule has 1 aliphatic rings. The molecule has 3 aromatic rings. The third-order valence-electron chi connectivity index (χ3n) is 8.30. The molecule has 47 heavy (non-hydrogen) atoms. The molecule has 3 aromatic carbocycles. The Morgan fingerprint density at radius 2 is 1.79 bits per heavy atom. The highest BCUT2D eigenvalue weighted by Crippen LogP contribution is 2.29. The summed E-state index contributed by atoms with van der Waals surface area (Å²) in [4.78, 5) is 28.9. The average Bonchev–Trinajstić information content (AvgIpc) is 3.06. The first-order chi connectivity index (χ1) is 22.4. The van der Waals surface area contributed by atoms with Crippen LogP contribution in [-0.4, -0.2) is 86.1 Å². The number of nitrogens with one attached hydrogen (secondary N) is 1. The maximum Gasteiger partial charge on any atom is 0.258 e. The van der Waals surface area contributed by atoms with E-state index in [2.05, 4.69) is 5.32 Å². The van der Waals surface area contributed by atoms with Crippen LogP contribution in [-0.2, 0) is 14.8 Å². The van der Waals surface area contributed by atoms with Crippen molar-refractivity contribution in [1.82, 2.24) is 9.21 Å². The van der Waals surface area contributed by atoms with Crippen LogP contribution in [0.25, 0.3) is 0 Å². The molecule has 12 heteroatoms. The number of sulfonamides is 1.